The van der Waals surface area contributed by atoms with E-state index in [0.717, 1.165) is 29.1 Å². The average molecular weight is 499 g/mol. The van der Waals surface area contributed by atoms with Crippen molar-refractivity contribution in [3.05, 3.63) is 60.9 Å². The van der Waals surface area contributed by atoms with Gasteiger partial charge in [0.2, 0.25) is 0 Å². The van der Waals surface area contributed by atoms with E-state index in [9.17, 15) is 18.0 Å². The highest BCUT2D eigenvalue weighted by Gasteiger charge is 2.39. The quantitative estimate of drug-likeness (QED) is 0.312. The van der Waals surface area contributed by atoms with Crippen LogP contribution in [-0.4, -0.2) is 32.9 Å². The molecule has 0 saturated carbocycles. The minimum atomic E-state index is -4.64. The van der Waals surface area contributed by atoms with Gasteiger partial charge in [-0.25, -0.2) is 14.8 Å². The molecule has 1 amide bonds. The first-order valence-corrected chi connectivity index (χ1v) is 11.1. The summed E-state index contributed by atoms with van der Waals surface area (Å²) < 4.78 is 50.1. The summed E-state index contributed by atoms with van der Waals surface area (Å²) in [7, 11) is 0. The van der Waals surface area contributed by atoms with E-state index in [4.69, 9.17) is 10.5 Å². The first-order chi connectivity index (χ1) is 17.0. The van der Waals surface area contributed by atoms with Crippen molar-refractivity contribution in [1.82, 2.24) is 14.5 Å². The SMILES string of the molecule is CC(C)n1c(-c2ccc(NC(=O)O[C@H](C)C(F)(F)F)cc2)c(N)c2ccc(Oc3ncccn3)cc21. The van der Waals surface area contributed by atoms with Gasteiger partial charge in [0, 0.05) is 41.1 Å². The van der Waals surface area contributed by atoms with E-state index in [1.165, 1.54) is 0 Å². The van der Waals surface area contributed by atoms with Crippen LogP contribution in [0.1, 0.15) is 26.8 Å². The molecular formula is C25H24F3N5O3. The van der Waals surface area contributed by atoms with Crippen molar-refractivity contribution in [3.63, 3.8) is 0 Å². The fourth-order valence-electron chi connectivity index (χ4n) is 3.74. The van der Waals surface area contributed by atoms with Crippen molar-refractivity contribution in [2.45, 2.75) is 39.1 Å². The normalized spacial score (nSPS) is 12.5. The van der Waals surface area contributed by atoms with Gasteiger partial charge in [-0.15, -0.1) is 0 Å². The fourth-order valence-corrected chi connectivity index (χ4v) is 3.74. The molecule has 2 heterocycles. The molecule has 0 saturated heterocycles. The van der Waals surface area contributed by atoms with Crippen molar-refractivity contribution in [2.75, 3.05) is 11.1 Å². The van der Waals surface area contributed by atoms with Crippen LogP contribution in [0.15, 0.2) is 60.9 Å². The number of hydrogen-bond donors (Lipinski definition) is 2. The molecule has 11 heteroatoms. The van der Waals surface area contributed by atoms with Gasteiger partial charge in [0.05, 0.1) is 16.9 Å². The molecule has 3 N–H and O–H groups in total. The number of carbonyl (C=O) groups is 1. The molecule has 8 nitrogen and oxygen atoms in total. The smallest absolute Gasteiger partial charge is 0.425 e. The van der Waals surface area contributed by atoms with Gasteiger partial charge in [-0.05, 0) is 51.1 Å². The Morgan fingerprint density at radius 2 is 1.72 bits per heavy atom. The average Bonchev–Trinajstić information content (AvgIpc) is 3.11. The number of nitrogens with zero attached hydrogens (tertiary/aromatic N) is 3. The number of rotatable bonds is 6. The maximum atomic E-state index is 12.6. The first kappa shape index (κ1) is 24.8. The molecule has 0 aliphatic rings. The summed E-state index contributed by atoms with van der Waals surface area (Å²) in [6.45, 7) is 4.80. The molecule has 188 valence electrons. The lowest BCUT2D eigenvalue weighted by Gasteiger charge is -2.17. The number of carbonyl (C=O) groups excluding carboxylic acids is 1. The third-order valence-electron chi connectivity index (χ3n) is 5.43. The van der Waals surface area contributed by atoms with Gasteiger partial charge in [0.1, 0.15) is 5.75 Å². The summed E-state index contributed by atoms with van der Waals surface area (Å²) >= 11 is 0. The molecule has 2 aromatic heterocycles. The number of ether oxygens (including phenoxy) is 2. The summed E-state index contributed by atoms with van der Waals surface area (Å²) in [6, 6.07) is 14.0. The number of nitrogens with one attached hydrogen (secondary N) is 1. The Morgan fingerprint density at radius 3 is 2.33 bits per heavy atom. The van der Waals surface area contributed by atoms with Crippen LogP contribution in [0.2, 0.25) is 0 Å². The topological polar surface area (TPSA) is 104 Å². The molecule has 1 atom stereocenters. The van der Waals surface area contributed by atoms with E-state index < -0.39 is 18.4 Å². The Hall–Kier alpha value is -4.28. The van der Waals surface area contributed by atoms with E-state index >= 15 is 0 Å². The van der Waals surface area contributed by atoms with Gasteiger partial charge in [-0.1, -0.05) is 12.1 Å². The highest BCUT2D eigenvalue weighted by molar-refractivity contribution is 6.01. The number of amides is 1. The third-order valence-corrected chi connectivity index (χ3v) is 5.43. The minimum absolute atomic E-state index is 0.0275. The molecule has 0 radical (unpaired) electrons. The van der Waals surface area contributed by atoms with E-state index in [1.54, 1.807) is 48.8 Å². The number of halogens is 3. The van der Waals surface area contributed by atoms with Gasteiger partial charge in [0.25, 0.3) is 0 Å². The second kappa shape index (κ2) is 9.76. The Balaban J connectivity index is 1.63. The van der Waals surface area contributed by atoms with Crippen molar-refractivity contribution >= 4 is 28.4 Å². The largest absolute Gasteiger partial charge is 0.437 e. The van der Waals surface area contributed by atoms with Gasteiger partial charge in [-0.3, -0.25) is 5.32 Å². The number of hydrogen-bond acceptors (Lipinski definition) is 6. The van der Waals surface area contributed by atoms with Crippen LogP contribution in [0.5, 0.6) is 11.8 Å². The minimum Gasteiger partial charge on any atom is -0.437 e. The van der Waals surface area contributed by atoms with Crippen LogP contribution < -0.4 is 15.8 Å². The predicted octanol–water partition coefficient (Wildman–Crippen LogP) is 6.55. The van der Waals surface area contributed by atoms with Crippen molar-refractivity contribution < 1.29 is 27.4 Å². The highest BCUT2D eigenvalue weighted by atomic mass is 19.4. The van der Waals surface area contributed by atoms with Crippen LogP contribution in [0, 0.1) is 0 Å². The van der Waals surface area contributed by atoms with Gasteiger partial charge in [-0.2, -0.15) is 13.2 Å². The molecular weight excluding hydrogens is 475 g/mol. The van der Waals surface area contributed by atoms with E-state index in [-0.39, 0.29) is 17.7 Å². The van der Waals surface area contributed by atoms with E-state index in [1.807, 2.05) is 26.0 Å². The summed E-state index contributed by atoms with van der Waals surface area (Å²) in [4.78, 5) is 20.0. The summed E-state index contributed by atoms with van der Waals surface area (Å²) in [5.74, 6) is 0.547. The standard InChI is InChI=1S/C25H24F3N5O3/c1-14(2)33-20-13-18(36-23-30-11-4-12-31-23)9-10-19(20)21(29)22(33)16-5-7-17(8-6-16)32-24(34)35-15(3)25(26,27)28/h4-15H,29H2,1-3H3,(H,32,34)/t15-/m1/s1. The van der Waals surface area contributed by atoms with Crippen LogP contribution >= 0.6 is 0 Å². The Bertz CT molecular complexity index is 1370. The zero-order chi connectivity index (χ0) is 26.0. The van der Waals surface area contributed by atoms with Crippen molar-refractivity contribution in [3.8, 4) is 23.0 Å². The van der Waals surface area contributed by atoms with E-state index in [0.29, 0.717) is 11.4 Å². The van der Waals surface area contributed by atoms with Crippen molar-refractivity contribution in [1.29, 1.82) is 0 Å². The van der Waals surface area contributed by atoms with Gasteiger partial charge < -0.3 is 19.8 Å². The first-order valence-electron chi connectivity index (χ1n) is 11.1. The number of anilines is 2. The van der Waals surface area contributed by atoms with E-state index in [2.05, 4.69) is 24.6 Å². The van der Waals surface area contributed by atoms with Gasteiger partial charge >= 0.3 is 18.3 Å². The van der Waals surface area contributed by atoms with Crippen LogP contribution in [0.3, 0.4) is 0 Å². The summed E-state index contributed by atoms with van der Waals surface area (Å²) in [5.41, 5.74) is 9.74. The number of aromatic nitrogens is 3. The van der Waals surface area contributed by atoms with Crippen LogP contribution in [0.4, 0.5) is 29.3 Å². The molecule has 0 spiro atoms. The number of nitrogens with two attached hydrogens (primary N) is 1. The summed E-state index contributed by atoms with van der Waals surface area (Å²) in [5, 5.41) is 3.13. The summed E-state index contributed by atoms with van der Waals surface area (Å²) in [6.07, 6.45) is -4.88. The third kappa shape index (κ3) is 5.19. The lowest BCUT2D eigenvalue weighted by molar-refractivity contribution is -0.196. The molecule has 0 fully saturated rings. The van der Waals surface area contributed by atoms with Gasteiger partial charge in [0.15, 0.2) is 6.10 Å². The lowest BCUT2D eigenvalue weighted by atomic mass is 10.1. The second-order valence-electron chi connectivity index (χ2n) is 8.33. The fraction of sp³-hybridized carbons (Fsp3) is 0.240. The molecule has 0 aliphatic heterocycles. The Kier molecular flexibility index (Phi) is 6.73. The van der Waals surface area contributed by atoms with Crippen LogP contribution in [-0.2, 0) is 4.74 Å². The molecule has 2 aromatic carbocycles. The Labute approximate surface area is 204 Å². The number of alkyl halides is 3. The molecule has 0 aliphatic carbocycles. The monoisotopic (exact) mass is 499 g/mol. The second-order valence-corrected chi connectivity index (χ2v) is 8.33. The zero-order valence-electron chi connectivity index (χ0n) is 19.7. The van der Waals surface area contributed by atoms with Crippen molar-refractivity contribution in [2.24, 2.45) is 0 Å². The lowest BCUT2D eigenvalue weighted by Crippen LogP contribution is -2.32. The molecule has 4 aromatic rings. The highest BCUT2D eigenvalue weighted by Crippen LogP contribution is 2.40. The maximum absolute atomic E-state index is 12.6. The van der Waals surface area contributed by atoms with Crippen LogP contribution in [0.25, 0.3) is 22.2 Å². The number of benzene rings is 2. The molecule has 36 heavy (non-hydrogen) atoms. The number of fused-ring (bicyclic) bond motifs is 1. The zero-order valence-corrected chi connectivity index (χ0v) is 19.7. The Morgan fingerprint density at radius 1 is 1.06 bits per heavy atom. The molecule has 0 bridgehead atoms. The number of nitrogen functional groups attached to an aromatic ring is 1. The maximum Gasteiger partial charge on any atom is 0.425 e. The predicted molar refractivity (Wildman–Crippen MR) is 130 cm³/mol. The molecule has 0 unspecified atom stereocenters. The molecule has 4 rings (SSSR count).